The van der Waals surface area contributed by atoms with Crippen LogP contribution in [0, 0.1) is 0 Å². The number of hydrogen-bond donors (Lipinski definition) is 0. The lowest BCUT2D eigenvalue weighted by Crippen LogP contribution is -2.59. The zero-order chi connectivity index (χ0) is 14.0. The van der Waals surface area contributed by atoms with E-state index in [1.807, 2.05) is 0 Å². The van der Waals surface area contributed by atoms with Gasteiger partial charge in [-0.25, -0.2) is 4.68 Å². The first-order valence-electron chi connectivity index (χ1n) is 5.58. The summed E-state index contributed by atoms with van der Waals surface area (Å²) in [6.45, 7) is 0.950. The number of ether oxygens (including phenoxy) is 1. The largest absolute Gasteiger partial charge is 0.411 e. The minimum Gasteiger partial charge on any atom is -0.374 e. The zero-order valence-corrected chi connectivity index (χ0v) is 10.0. The van der Waals surface area contributed by atoms with Gasteiger partial charge in [-0.05, 0) is 17.4 Å². The molecule has 1 fully saturated rings. The van der Waals surface area contributed by atoms with Gasteiger partial charge in [0, 0.05) is 6.54 Å². The van der Waals surface area contributed by atoms with Gasteiger partial charge in [-0.3, -0.25) is 4.79 Å². The number of rotatable bonds is 2. The Balaban J connectivity index is 2.13. The van der Waals surface area contributed by atoms with Crippen LogP contribution in [0.3, 0.4) is 0 Å². The first kappa shape index (κ1) is 13.7. The highest BCUT2D eigenvalue weighted by Crippen LogP contribution is 2.30. The minimum atomic E-state index is -4.53. The number of carbonyl (C=O) groups excluding carboxylic acids is 1. The Morgan fingerprint density at radius 2 is 2.26 bits per heavy atom. The quantitative estimate of drug-likeness (QED) is 0.753. The van der Waals surface area contributed by atoms with Crippen LogP contribution in [0.25, 0.3) is 0 Å². The molecule has 1 saturated heterocycles. The van der Waals surface area contributed by atoms with Gasteiger partial charge < -0.3 is 9.64 Å². The molecule has 2 atom stereocenters. The zero-order valence-electron chi connectivity index (χ0n) is 10.0. The molecule has 1 aromatic rings. The van der Waals surface area contributed by atoms with Crippen molar-refractivity contribution in [2.45, 2.75) is 31.8 Å². The lowest BCUT2D eigenvalue weighted by atomic mass is 10.1. The predicted octanol–water partition coefficient (Wildman–Crippen LogP) is -0.149. The molecule has 1 amide bonds. The van der Waals surface area contributed by atoms with Gasteiger partial charge >= 0.3 is 6.18 Å². The molecule has 1 aliphatic rings. The molecule has 0 N–H and O–H groups in total. The third kappa shape index (κ3) is 3.00. The van der Waals surface area contributed by atoms with Crippen molar-refractivity contribution in [3.63, 3.8) is 0 Å². The number of alkyl halides is 3. The molecule has 2 rings (SSSR count). The molecule has 1 aliphatic heterocycles. The van der Waals surface area contributed by atoms with Crippen LogP contribution in [-0.4, -0.2) is 62.5 Å². The Hall–Kier alpha value is -1.71. The number of morpholine rings is 1. The number of amides is 1. The number of aromatic nitrogens is 4. The van der Waals surface area contributed by atoms with E-state index in [0.717, 1.165) is 9.58 Å². The molecule has 0 saturated carbocycles. The lowest BCUT2D eigenvalue weighted by Gasteiger charge is -2.40. The number of hydrogen-bond acceptors (Lipinski definition) is 5. The van der Waals surface area contributed by atoms with E-state index < -0.39 is 24.2 Å². The Labute approximate surface area is 106 Å². The van der Waals surface area contributed by atoms with Gasteiger partial charge in [0.1, 0.15) is 12.9 Å². The van der Waals surface area contributed by atoms with Gasteiger partial charge in [-0.1, -0.05) is 0 Å². The van der Waals surface area contributed by atoms with Gasteiger partial charge in [-0.2, -0.15) is 13.2 Å². The highest BCUT2D eigenvalue weighted by atomic mass is 19.4. The Bertz CT molecular complexity index is 436. The van der Waals surface area contributed by atoms with Crippen LogP contribution in [0.5, 0.6) is 0 Å². The van der Waals surface area contributed by atoms with E-state index in [-0.39, 0.29) is 19.7 Å². The fourth-order valence-corrected chi connectivity index (χ4v) is 2.03. The highest BCUT2D eigenvalue weighted by molar-refractivity contribution is 5.76. The van der Waals surface area contributed by atoms with Crippen molar-refractivity contribution in [2.24, 2.45) is 0 Å². The molecule has 0 radical (unpaired) electrons. The maximum absolute atomic E-state index is 13.0. The van der Waals surface area contributed by atoms with Crippen molar-refractivity contribution in [1.82, 2.24) is 25.1 Å². The van der Waals surface area contributed by atoms with Crippen LogP contribution >= 0.6 is 0 Å². The summed E-state index contributed by atoms with van der Waals surface area (Å²) in [4.78, 5) is 12.7. The Kier molecular flexibility index (Phi) is 3.69. The molecule has 106 valence electrons. The standard InChI is InChI=1S/C9H12F3N5O2/c1-6-8(9(10,11)12)17(2-3-19-6)7(18)4-16-5-13-14-15-16/h5-6,8H,2-4H2,1H3/t6-,8-/m0/s1. The molecule has 0 bridgehead atoms. The van der Waals surface area contributed by atoms with Crippen molar-refractivity contribution in [1.29, 1.82) is 0 Å². The molecule has 10 heteroatoms. The molecule has 0 spiro atoms. The fraction of sp³-hybridized carbons (Fsp3) is 0.778. The molecule has 0 aliphatic carbocycles. The van der Waals surface area contributed by atoms with Gasteiger partial charge in [0.05, 0.1) is 12.7 Å². The van der Waals surface area contributed by atoms with Gasteiger partial charge in [0.2, 0.25) is 5.91 Å². The van der Waals surface area contributed by atoms with Crippen molar-refractivity contribution >= 4 is 5.91 Å². The monoisotopic (exact) mass is 279 g/mol. The summed E-state index contributed by atoms with van der Waals surface area (Å²) in [6, 6.07) is -1.94. The Morgan fingerprint density at radius 3 is 2.84 bits per heavy atom. The highest BCUT2D eigenvalue weighted by Gasteiger charge is 2.50. The van der Waals surface area contributed by atoms with E-state index in [0.29, 0.717) is 0 Å². The molecule has 0 aromatic carbocycles. The van der Waals surface area contributed by atoms with Crippen LogP contribution in [0.2, 0.25) is 0 Å². The van der Waals surface area contributed by atoms with Crippen LogP contribution < -0.4 is 0 Å². The maximum atomic E-state index is 13.0. The van der Waals surface area contributed by atoms with Crippen molar-refractivity contribution < 1.29 is 22.7 Å². The average molecular weight is 279 g/mol. The summed E-state index contributed by atoms with van der Waals surface area (Å²) in [7, 11) is 0. The van der Waals surface area contributed by atoms with Gasteiger partial charge in [-0.15, -0.1) is 5.10 Å². The van der Waals surface area contributed by atoms with E-state index in [1.165, 1.54) is 13.3 Å². The second-order valence-corrected chi connectivity index (χ2v) is 4.16. The number of carbonyl (C=O) groups is 1. The normalized spacial score (nSPS) is 24.5. The van der Waals surface area contributed by atoms with E-state index in [4.69, 9.17) is 4.74 Å². The summed E-state index contributed by atoms with van der Waals surface area (Å²) >= 11 is 0. The topological polar surface area (TPSA) is 73.1 Å². The molecular weight excluding hydrogens is 267 g/mol. The smallest absolute Gasteiger partial charge is 0.374 e. The maximum Gasteiger partial charge on any atom is 0.411 e. The van der Waals surface area contributed by atoms with Crippen LogP contribution in [0.15, 0.2) is 6.33 Å². The second-order valence-electron chi connectivity index (χ2n) is 4.16. The predicted molar refractivity (Wildman–Crippen MR) is 54.8 cm³/mol. The molecular formula is C9H12F3N5O2. The van der Waals surface area contributed by atoms with Crippen LogP contribution in [-0.2, 0) is 16.1 Å². The van der Waals surface area contributed by atoms with E-state index >= 15 is 0 Å². The van der Waals surface area contributed by atoms with Crippen molar-refractivity contribution in [2.75, 3.05) is 13.2 Å². The SMILES string of the molecule is C[C@@H]1OCCN(C(=O)Cn2cnnn2)[C@@H]1C(F)(F)F. The number of nitrogens with zero attached hydrogens (tertiary/aromatic N) is 5. The molecule has 0 unspecified atom stereocenters. The minimum absolute atomic E-state index is 0.0785. The summed E-state index contributed by atoms with van der Waals surface area (Å²) < 4.78 is 44.9. The number of tetrazole rings is 1. The summed E-state index contributed by atoms with van der Waals surface area (Å²) in [6.07, 6.45) is -4.45. The molecule has 19 heavy (non-hydrogen) atoms. The third-order valence-electron chi connectivity index (χ3n) is 2.84. The third-order valence-corrected chi connectivity index (χ3v) is 2.84. The van der Waals surface area contributed by atoms with Crippen molar-refractivity contribution in [3.8, 4) is 0 Å². The first-order valence-corrected chi connectivity index (χ1v) is 5.58. The van der Waals surface area contributed by atoms with Crippen molar-refractivity contribution in [3.05, 3.63) is 6.33 Å². The fourth-order valence-electron chi connectivity index (χ4n) is 2.03. The van der Waals surface area contributed by atoms with Gasteiger partial charge in [0.25, 0.3) is 0 Å². The van der Waals surface area contributed by atoms with Crippen LogP contribution in [0.4, 0.5) is 13.2 Å². The first-order chi connectivity index (χ1) is 8.89. The van der Waals surface area contributed by atoms with E-state index in [9.17, 15) is 18.0 Å². The summed E-state index contributed by atoms with van der Waals surface area (Å²) in [5.41, 5.74) is 0. The molecule has 1 aromatic heterocycles. The second kappa shape index (κ2) is 5.11. The van der Waals surface area contributed by atoms with Gasteiger partial charge in [0.15, 0.2) is 6.04 Å². The lowest BCUT2D eigenvalue weighted by molar-refractivity contribution is -0.230. The van der Waals surface area contributed by atoms with E-state index in [1.54, 1.807) is 0 Å². The molecule has 2 heterocycles. The molecule has 7 nitrogen and oxygen atoms in total. The summed E-state index contributed by atoms with van der Waals surface area (Å²) in [5, 5.41) is 10.1. The van der Waals surface area contributed by atoms with Crippen LogP contribution in [0.1, 0.15) is 6.92 Å². The average Bonchev–Trinajstić information content (AvgIpc) is 2.79. The summed E-state index contributed by atoms with van der Waals surface area (Å²) in [5.74, 6) is -0.690. The Morgan fingerprint density at radius 1 is 1.53 bits per heavy atom. The number of halogens is 3. The van der Waals surface area contributed by atoms with E-state index in [2.05, 4.69) is 15.5 Å².